The molecule has 0 radical (unpaired) electrons. The van der Waals surface area contributed by atoms with Gasteiger partial charge in [0, 0.05) is 56.9 Å². The number of halogens is 3. The van der Waals surface area contributed by atoms with E-state index in [-0.39, 0.29) is 70.5 Å². The maximum absolute atomic E-state index is 15.6. The smallest absolute Gasteiger partial charge is 0.342 e. The van der Waals surface area contributed by atoms with Gasteiger partial charge in [-0.05, 0) is 69.7 Å². The van der Waals surface area contributed by atoms with Gasteiger partial charge in [-0.15, -0.1) is 0 Å². The van der Waals surface area contributed by atoms with E-state index in [1.54, 1.807) is 18.2 Å². The van der Waals surface area contributed by atoms with Crippen molar-refractivity contribution in [2.75, 3.05) is 67.3 Å². The number of rotatable bonds is 20. The molecule has 376 valence electrons. The first-order chi connectivity index (χ1) is 33.7. The third-order valence-electron chi connectivity index (χ3n) is 14.3. The maximum atomic E-state index is 15.6. The van der Waals surface area contributed by atoms with Gasteiger partial charge in [0.05, 0.1) is 42.2 Å². The number of amides is 6. The number of unbranched alkanes of at least 4 members (excludes halogenated alkanes) is 8. The molecule has 6 amide bonds. The SMILES string of the molecule is COc1cc(C(=O)NC2CCN(CCCCCCCCCCCNc3cccc4c3C(=O)N(C3CCC(=O)NC3=O)C4=O)CC2)c(F)cc1Nc1ncc2c(n1)N(C1CCCC1)CC(F)(F)C(=O)N2C. The number of hydrogen-bond acceptors (Lipinski definition) is 13. The van der Waals surface area contributed by atoms with E-state index in [0.717, 1.165) is 99.7 Å². The number of fused-ring (bicyclic) bond motifs is 2. The highest BCUT2D eigenvalue weighted by Crippen LogP contribution is 2.40. The molecular formula is C50H63F3N10O7. The zero-order chi connectivity index (χ0) is 49.5. The highest BCUT2D eigenvalue weighted by Gasteiger charge is 2.49. The molecule has 20 heteroatoms. The standard InChI is InChI=1S/C50H63F3N10O7/c1-60-39-29-55-49(59-43(39)62(32-15-10-11-16-32)30-50(52,53)48(60)69)57-37-28-35(51)34(27-40(37)70-2)44(65)56-31-21-25-61(26-22-31)24-13-9-7-5-3-4-6-8-12-23-54-36-18-14-17-33-42(36)47(68)63(46(33)67)38-19-20-41(64)58-45(38)66/h14,17-18,27-29,31-32,38,54H,3-13,15-16,19-26,30H2,1-2H3,(H,56,65)(H,55,57,59)(H,58,64,66). The number of carbonyl (C=O) groups excluding carboxylic acids is 6. The Bertz CT molecular complexity index is 2460. The number of benzene rings is 2. The van der Waals surface area contributed by atoms with E-state index in [9.17, 15) is 28.8 Å². The summed E-state index contributed by atoms with van der Waals surface area (Å²) in [5.41, 5.74) is 1.23. The van der Waals surface area contributed by atoms with Crippen molar-refractivity contribution in [2.45, 2.75) is 133 Å². The summed E-state index contributed by atoms with van der Waals surface area (Å²) in [4.78, 5) is 91.0. The molecule has 1 unspecified atom stereocenters. The lowest BCUT2D eigenvalue weighted by molar-refractivity contribution is -0.140. The molecule has 1 saturated carbocycles. The summed E-state index contributed by atoms with van der Waals surface area (Å²) in [6, 6.07) is 6.21. The first kappa shape index (κ1) is 50.1. The summed E-state index contributed by atoms with van der Waals surface area (Å²) in [5, 5.41) is 11.5. The molecule has 17 nitrogen and oxygen atoms in total. The predicted octanol–water partition coefficient (Wildman–Crippen LogP) is 6.95. The summed E-state index contributed by atoms with van der Waals surface area (Å²) < 4.78 is 51.3. The van der Waals surface area contributed by atoms with Crippen LogP contribution in [0.4, 0.5) is 42.0 Å². The molecule has 0 bridgehead atoms. The molecule has 70 heavy (non-hydrogen) atoms. The molecule has 3 aromatic rings. The maximum Gasteiger partial charge on any atom is 0.342 e. The Morgan fingerprint density at radius 2 is 1.59 bits per heavy atom. The van der Waals surface area contributed by atoms with Gasteiger partial charge in [0.15, 0.2) is 5.82 Å². The number of anilines is 5. The van der Waals surface area contributed by atoms with Gasteiger partial charge < -0.3 is 35.4 Å². The second-order valence-corrected chi connectivity index (χ2v) is 19.1. The minimum Gasteiger partial charge on any atom is -0.495 e. The predicted molar refractivity (Wildman–Crippen MR) is 256 cm³/mol. The highest BCUT2D eigenvalue weighted by atomic mass is 19.3. The van der Waals surface area contributed by atoms with Crippen LogP contribution in [0.25, 0.3) is 0 Å². The molecule has 0 spiro atoms. The van der Waals surface area contributed by atoms with Crippen LogP contribution in [0.2, 0.25) is 0 Å². The Morgan fingerprint density at radius 1 is 0.886 bits per heavy atom. The molecule has 1 aliphatic carbocycles. The van der Waals surface area contributed by atoms with Crippen molar-refractivity contribution in [2.24, 2.45) is 0 Å². The molecule has 2 saturated heterocycles. The number of carbonyl (C=O) groups is 6. The molecule has 5 heterocycles. The van der Waals surface area contributed by atoms with Crippen LogP contribution in [0.5, 0.6) is 5.75 Å². The molecule has 4 aliphatic heterocycles. The molecule has 8 rings (SSSR count). The third kappa shape index (κ3) is 11.2. The van der Waals surface area contributed by atoms with Crippen molar-refractivity contribution in [1.29, 1.82) is 0 Å². The first-order valence-corrected chi connectivity index (χ1v) is 24.8. The Kier molecular flexibility index (Phi) is 15.9. The summed E-state index contributed by atoms with van der Waals surface area (Å²) >= 11 is 0. The number of nitrogens with zero attached hydrogens (tertiary/aromatic N) is 6. The fraction of sp³-hybridized carbons (Fsp3) is 0.560. The normalized spacial score (nSPS) is 19.8. The fourth-order valence-corrected chi connectivity index (χ4v) is 10.4. The lowest BCUT2D eigenvalue weighted by Gasteiger charge is -2.32. The van der Waals surface area contributed by atoms with E-state index in [0.29, 0.717) is 25.1 Å². The third-order valence-corrected chi connectivity index (χ3v) is 14.3. The number of ether oxygens (including phenoxy) is 1. The molecule has 5 aliphatic rings. The van der Waals surface area contributed by atoms with E-state index in [2.05, 4.69) is 36.1 Å². The fourth-order valence-electron chi connectivity index (χ4n) is 10.4. The van der Waals surface area contributed by atoms with Crippen LogP contribution < -0.4 is 35.8 Å². The Morgan fingerprint density at radius 3 is 2.29 bits per heavy atom. The van der Waals surface area contributed by atoms with Crippen LogP contribution in [0.15, 0.2) is 36.5 Å². The van der Waals surface area contributed by atoms with Gasteiger partial charge >= 0.3 is 5.92 Å². The number of piperidine rings is 2. The van der Waals surface area contributed by atoms with Crippen LogP contribution in [-0.2, 0) is 14.4 Å². The second-order valence-electron chi connectivity index (χ2n) is 19.1. The van der Waals surface area contributed by atoms with E-state index < -0.39 is 59.8 Å². The van der Waals surface area contributed by atoms with Crippen molar-refractivity contribution in [3.63, 3.8) is 0 Å². The monoisotopic (exact) mass is 972 g/mol. The van der Waals surface area contributed by atoms with Crippen molar-refractivity contribution < 1.29 is 46.7 Å². The van der Waals surface area contributed by atoms with Gasteiger partial charge in [-0.3, -0.25) is 39.0 Å². The number of alkyl halides is 2. The van der Waals surface area contributed by atoms with Gasteiger partial charge in [0.2, 0.25) is 17.8 Å². The highest BCUT2D eigenvalue weighted by molar-refractivity contribution is 6.25. The van der Waals surface area contributed by atoms with Crippen LogP contribution >= 0.6 is 0 Å². The Balaban J connectivity index is 0.706. The van der Waals surface area contributed by atoms with Gasteiger partial charge in [0.1, 0.15) is 23.3 Å². The lowest BCUT2D eigenvalue weighted by atomic mass is 10.0. The zero-order valence-corrected chi connectivity index (χ0v) is 39.9. The topological polar surface area (TPSA) is 199 Å². The molecule has 2 aromatic carbocycles. The average molecular weight is 973 g/mol. The van der Waals surface area contributed by atoms with Crippen molar-refractivity contribution in [1.82, 2.24) is 30.4 Å². The summed E-state index contributed by atoms with van der Waals surface area (Å²) in [5.74, 6) is -8.02. The number of methoxy groups -OCH3 is 1. The van der Waals surface area contributed by atoms with Crippen LogP contribution in [0.3, 0.4) is 0 Å². The van der Waals surface area contributed by atoms with Crippen molar-refractivity contribution >= 4 is 64.3 Å². The Hall–Kier alpha value is -6.31. The second kappa shape index (κ2) is 22.2. The summed E-state index contributed by atoms with van der Waals surface area (Å²) in [6.45, 7) is 2.49. The molecule has 4 N–H and O–H groups in total. The Labute approximate surface area is 405 Å². The van der Waals surface area contributed by atoms with Crippen LogP contribution in [-0.4, -0.2) is 126 Å². The van der Waals surface area contributed by atoms with Gasteiger partial charge in [0.25, 0.3) is 23.6 Å². The first-order valence-electron chi connectivity index (χ1n) is 24.8. The van der Waals surface area contributed by atoms with Gasteiger partial charge in [-0.2, -0.15) is 13.8 Å². The van der Waals surface area contributed by atoms with Gasteiger partial charge in [-0.1, -0.05) is 63.9 Å². The van der Waals surface area contributed by atoms with Crippen molar-refractivity contribution in [3.8, 4) is 5.75 Å². The molecule has 3 fully saturated rings. The van der Waals surface area contributed by atoms with Crippen LogP contribution in [0.1, 0.15) is 140 Å². The van der Waals surface area contributed by atoms with Gasteiger partial charge in [-0.25, -0.2) is 9.37 Å². The van der Waals surface area contributed by atoms with E-state index >= 15 is 13.2 Å². The molecule has 1 aromatic heterocycles. The quantitative estimate of drug-likeness (QED) is 0.0671. The summed E-state index contributed by atoms with van der Waals surface area (Å²) in [7, 11) is 2.66. The lowest BCUT2D eigenvalue weighted by Crippen LogP contribution is -2.54. The van der Waals surface area contributed by atoms with E-state index in [1.165, 1.54) is 50.6 Å². The number of likely N-dealkylation sites (tertiary alicyclic amines) is 1. The average Bonchev–Trinajstić information content (AvgIpc) is 3.96. The minimum absolute atomic E-state index is 0.0104. The summed E-state index contributed by atoms with van der Waals surface area (Å²) in [6.07, 6.45) is 16.1. The number of imide groups is 2. The number of hydrogen-bond donors (Lipinski definition) is 4. The largest absolute Gasteiger partial charge is 0.495 e. The molecule has 1 atom stereocenters. The van der Waals surface area contributed by atoms with E-state index in [1.807, 2.05) is 0 Å². The zero-order valence-electron chi connectivity index (χ0n) is 39.9. The number of aromatic nitrogens is 2. The van der Waals surface area contributed by atoms with Crippen molar-refractivity contribution in [3.05, 3.63) is 59.0 Å². The van der Waals surface area contributed by atoms with Crippen LogP contribution in [0, 0.1) is 5.82 Å². The molecular weight excluding hydrogens is 910 g/mol. The number of nitrogens with one attached hydrogen (secondary N) is 4. The van der Waals surface area contributed by atoms with E-state index in [4.69, 9.17) is 4.74 Å². The minimum atomic E-state index is -3.63.